The lowest BCUT2D eigenvalue weighted by molar-refractivity contribution is 0.578. The van der Waals surface area contributed by atoms with E-state index in [1.165, 1.54) is 0 Å². The standard InChI is InChI=1S/C19H23N3O2S/c1-3-14-22-18-7-5-4-6-17(18)21-19(22)12-13-20-25(23,24)16-10-8-15(2)9-11-16/h4-11,20H,3,12-14H2,1-2H3. The predicted molar refractivity (Wildman–Crippen MR) is 100 cm³/mol. The van der Waals surface area contributed by atoms with Crippen molar-refractivity contribution in [2.24, 2.45) is 0 Å². The van der Waals surface area contributed by atoms with Gasteiger partial charge in [0.2, 0.25) is 10.0 Å². The number of sulfonamides is 1. The fourth-order valence-electron chi connectivity index (χ4n) is 2.89. The Kier molecular flexibility index (Phi) is 5.20. The number of fused-ring (bicyclic) bond motifs is 1. The average molecular weight is 357 g/mol. The summed E-state index contributed by atoms with van der Waals surface area (Å²) in [5, 5.41) is 0. The molecule has 0 saturated heterocycles. The summed E-state index contributed by atoms with van der Waals surface area (Å²) >= 11 is 0. The van der Waals surface area contributed by atoms with Gasteiger partial charge in [0.25, 0.3) is 0 Å². The molecule has 0 bridgehead atoms. The Morgan fingerprint density at radius 2 is 1.80 bits per heavy atom. The third kappa shape index (κ3) is 3.91. The van der Waals surface area contributed by atoms with Crippen molar-refractivity contribution in [3.63, 3.8) is 0 Å². The highest BCUT2D eigenvalue weighted by molar-refractivity contribution is 7.89. The van der Waals surface area contributed by atoms with Crippen LogP contribution in [0.15, 0.2) is 53.4 Å². The highest BCUT2D eigenvalue weighted by atomic mass is 32.2. The number of hydrogen-bond donors (Lipinski definition) is 1. The van der Waals surface area contributed by atoms with Crippen LogP contribution in [0.4, 0.5) is 0 Å². The minimum Gasteiger partial charge on any atom is -0.328 e. The molecule has 1 aromatic heterocycles. The van der Waals surface area contributed by atoms with Gasteiger partial charge >= 0.3 is 0 Å². The Labute approximate surface area is 148 Å². The van der Waals surface area contributed by atoms with E-state index in [4.69, 9.17) is 0 Å². The minimum absolute atomic E-state index is 0.292. The Bertz CT molecular complexity index is 960. The van der Waals surface area contributed by atoms with Gasteiger partial charge in [-0.05, 0) is 37.6 Å². The molecule has 0 radical (unpaired) electrons. The summed E-state index contributed by atoms with van der Waals surface area (Å²) in [5.41, 5.74) is 3.08. The lowest BCUT2D eigenvalue weighted by Crippen LogP contribution is -2.26. The number of aryl methyl sites for hydroxylation is 2. The van der Waals surface area contributed by atoms with Crippen LogP contribution in [0.2, 0.25) is 0 Å². The van der Waals surface area contributed by atoms with Crippen LogP contribution in [-0.2, 0) is 23.0 Å². The van der Waals surface area contributed by atoms with E-state index in [-0.39, 0.29) is 0 Å². The minimum atomic E-state index is -3.49. The highest BCUT2D eigenvalue weighted by Crippen LogP contribution is 2.17. The first-order valence-corrected chi connectivity index (χ1v) is 10.00. The van der Waals surface area contributed by atoms with Crippen molar-refractivity contribution in [1.82, 2.24) is 14.3 Å². The van der Waals surface area contributed by atoms with Crippen LogP contribution in [-0.4, -0.2) is 24.5 Å². The molecule has 0 aliphatic carbocycles. The molecule has 3 aromatic rings. The second-order valence-corrected chi connectivity index (χ2v) is 7.90. The van der Waals surface area contributed by atoms with E-state index in [1.54, 1.807) is 24.3 Å². The number of benzene rings is 2. The van der Waals surface area contributed by atoms with Crippen molar-refractivity contribution < 1.29 is 8.42 Å². The average Bonchev–Trinajstić information content (AvgIpc) is 2.93. The number of aromatic nitrogens is 2. The molecule has 132 valence electrons. The Hall–Kier alpha value is -2.18. The van der Waals surface area contributed by atoms with E-state index in [2.05, 4.69) is 27.3 Å². The molecule has 0 atom stereocenters. The van der Waals surface area contributed by atoms with Crippen LogP contribution in [0, 0.1) is 6.92 Å². The maximum atomic E-state index is 12.4. The fourth-order valence-corrected chi connectivity index (χ4v) is 3.92. The van der Waals surface area contributed by atoms with Crippen LogP contribution in [0.1, 0.15) is 24.7 Å². The summed E-state index contributed by atoms with van der Waals surface area (Å²) < 4.78 is 29.6. The number of nitrogens with one attached hydrogen (secondary N) is 1. The van der Waals surface area contributed by atoms with Gasteiger partial charge in [-0.2, -0.15) is 0 Å². The van der Waals surface area contributed by atoms with Gasteiger partial charge in [-0.1, -0.05) is 36.8 Å². The molecule has 0 aliphatic rings. The number of nitrogens with zero attached hydrogens (tertiary/aromatic N) is 2. The normalized spacial score (nSPS) is 11.9. The van der Waals surface area contributed by atoms with Gasteiger partial charge in [0.15, 0.2) is 0 Å². The monoisotopic (exact) mass is 357 g/mol. The van der Waals surface area contributed by atoms with Crippen molar-refractivity contribution >= 4 is 21.1 Å². The topological polar surface area (TPSA) is 64.0 Å². The zero-order valence-electron chi connectivity index (χ0n) is 14.6. The summed E-state index contributed by atoms with van der Waals surface area (Å²) in [4.78, 5) is 4.96. The second kappa shape index (κ2) is 7.37. The van der Waals surface area contributed by atoms with E-state index in [0.717, 1.165) is 35.4 Å². The van der Waals surface area contributed by atoms with Gasteiger partial charge in [0, 0.05) is 19.5 Å². The van der Waals surface area contributed by atoms with Crippen LogP contribution in [0.25, 0.3) is 11.0 Å². The van der Waals surface area contributed by atoms with Crippen LogP contribution >= 0.6 is 0 Å². The summed E-state index contributed by atoms with van der Waals surface area (Å²) in [6, 6.07) is 14.9. The van der Waals surface area contributed by atoms with Gasteiger partial charge in [-0.25, -0.2) is 18.1 Å². The molecular weight excluding hydrogens is 334 g/mol. The molecule has 0 aliphatic heterocycles. The molecule has 1 heterocycles. The fraction of sp³-hybridized carbons (Fsp3) is 0.316. The zero-order valence-corrected chi connectivity index (χ0v) is 15.4. The van der Waals surface area contributed by atoms with E-state index in [9.17, 15) is 8.42 Å². The number of para-hydroxylation sites is 2. The van der Waals surface area contributed by atoms with E-state index in [1.807, 2.05) is 25.1 Å². The molecule has 1 N–H and O–H groups in total. The molecule has 0 fully saturated rings. The van der Waals surface area contributed by atoms with Crippen molar-refractivity contribution in [2.45, 2.75) is 38.1 Å². The maximum absolute atomic E-state index is 12.4. The van der Waals surface area contributed by atoms with Gasteiger partial charge in [0.1, 0.15) is 5.82 Å². The number of hydrogen-bond acceptors (Lipinski definition) is 3. The zero-order chi connectivity index (χ0) is 17.9. The predicted octanol–water partition coefficient (Wildman–Crippen LogP) is 3.28. The van der Waals surface area contributed by atoms with E-state index >= 15 is 0 Å². The second-order valence-electron chi connectivity index (χ2n) is 6.13. The summed E-state index contributed by atoms with van der Waals surface area (Å²) in [6.07, 6.45) is 1.56. The molecule has 0 saturated carbocycles. The first-order chi connectivity index (χ1) is 12.0. The molecule has 6 heteroatoms. The lowest BCUT2D eigenvalue weighted by Gasteiger charge is -2.09. The van der Waals surface area contributed by atoms with Gasteiger partial charge < -0.3 is 4.57 Å². The number of imidazole rings is 1. The van der Waals surface area contributed by atoms with Crippen molar-refractivity contribution in [2.75, 3.05) is 6.54 Å². The van der Waals surface area contributed by atoms with E-state index in [0.29, 0.717) is 17.9 Å². The van der Waals surface area contributed by atoms with Crippen LogP contribution in [0.3, 0.4) is 0 Å². The quantitative estimate of drug-likeness (QED) is 0.706. The first kappa shape index (κ1) is 17.6. The Balaban J connectivity index is 1.74. The van der Waals surface area contributed by atoms with Crippen molar-refractivity contribution in [1.29, 1.82) is 0 Å². The molecule has 25 heavy (non-hydrogen) atoms. The van der Waals surface area contributed by atoms with Gasteiger partial charge in [0.05, 0.1) is 15.9 Å². The molecule has 0 spiro atoms. The van der Waals surface area contributed by atoms with Gasteiger partial charge in [-0.3, -0.25) is 0 Å². The molecule has 2 aromatic carbocycles. The number of rotatable bonds is 7. The molecule has 5 nitrogen and oxygen atoms in total. The maximum Gasteiger partial charge on any atom is 0.240 e. The Morgan fingerprint density at radius 1 is 1.08 bits per heavy atom. The molecule has 3 rings (SSSR count). The van der Waals surface area contributed by atoms with Crippen LogP contribution < -0.4 is 4.72 Å². The lowest BCUT2D eigenvalue weighted by atomic mass is 10.2. The Morgan fingerprint density at radius 3 is 2.52 bits per heavy atom. The highest BCUT2D eigenvalue weighted by Gasteiger charge is 2.15. The third-order valence-electron chi connectivity index (χ3n) is 4.15. The summed E-state index contributed by atoms with van der Waals surface area (Å²) in [5.74, 6) is 0.912. The van der Waals surface area contributed by atoms with Crippen molar-refractivity contribution in [3.8, 4) is 0 Å². The third-order valence-corrected chi connectivity index (χ3v) is 5.63. The molecular formula is C19H23N3O2S. The largest absolute Gasteiger partial charge is 0.328 e. The van der Waals surface area contributed by atoms with Gasteiger partial charge in [-0.15, -0.1) is 0 Å². The SMILES string of the molecule is CCCn1c(CCNS(=O)(=O)c2ccc(C)cc2)nc2ccccc21. The smallest absolute Gasteiger partial charge is 0.240 e. The first-order valence-electron chi connectivity index (χ1n) is 8.52. The summed E-state index contributed by atoms with van der Waals surface area (Å²) in [6.45, 7) is 5.25. The van der Waals surface area contributed by atoms with E-state index < -0.39 is 10.0 Å². The van der Waals surface area contributed by atoms with Crippen molar-refractivity contribution in [3.05, 3.63) is 59.9 Å². The molecule has 0 unspecified atom stereocenters. The van der Waals surface area contributed by atoms with Crippen LogP contribution in [0.5, 0.6) is 0 Å². The summed E-state index contributed by atoms with van der Waals surface area (Å²) in [7, 11) is -3.49. The molecule has 0 amide bonds.